The van der Waals surface area contributed by atoms with E-state index < -0.39 is 6.04 Å². The fourth-order valence-corrected chi connectivity index (χ4v) is 2.50. The van der Waals surface area contributed by atoms with Gasteiger partial charge in [0.1, 0.15) is 0 Å². The number of nitrogens with two attached hydrogens (primary N) is 1. The predicted octanol–water partition coefficient (Wildman–Crippen LogP) is 3.40. The molecule has 1 rings (SSSR count). The van der Waals surface area contributed by atoms with Crippen LogP contribution in [0.4, 0.5) is 0 Å². The fourth-order valence-electron chi connectivity index (χ4n) is 2.50. The minimum atomic E-state index is -0.499. The van der Waals surface area contributed by atoms with Crippen molar-refractivity contribution in [2.45, 2.75) is 46.7 Å². The van der Waals surface area contributed by atoms with Gasteiger partial charge in [0.15, 0.2) is 0 Å². The van der Waals surface area contributed by atoms with E-state index in [2.05, 4.69) is 36.2 Å². The third-order valence-electron chi connectivity index (χ3n) is 4.12. The van der Waals surface area contributed by atoms with Crippen LogP contribution in [0.25, 0.3) is 0 Å². The molecular formula is C18H33Cl2N3O. The Morgan fingerprint density at radius 1 is 1.12 bits per heavy atom. The third-order valence-corrected chi connectivity index (χ3v) is 4.12. The average Bonchev–Trinajstić information content (AvgIpc) is 2.50. The number of benzene rings is 1. The molecule has 1 amide bonds. The summed E-state index contributed by atoms with van der Waals surface area (Å²) in [5.74, 6) is -0.0828. The molecule has 2 atom stereocenters. The van der Waals surface area contributed by atoms with E-state index in [1.165, 1.54) is 5.56 Å². The molecule has 6 heteroatoms. The summed E-state index contributed by atoms with van der Waals surface area (Å²) in [5.41, 5.74) is 7.02. The number of hydrogen-bond donors (Lipinski definition) is 2. The second-order valence-corrected chi connectivity index (χ2v) is 6.74. The van der Waals surface area contributed by atoms with Gasteiger partial charge in [-0.15, -0.1) is 24.8 Å². The molecule has 0 heterocycles. The van der Waals surface area contributed by atoms with Gasteiger partial charge in [-0.05, 0) is 24.1 Å². The van der Waals surface area contributed by atoms with Crippen molar-refractivity contribution in [2.24, 2.45) is 11.1 Å². The van der Waals surface area contributed by atoms with E-state index in [-0.39, 0.29) is 42.2 Å². The Kier molecular flexibility index (Phi) is 12.4. The zero-order valence-corrected chi connectivity index (χ0v) is 17.0. The number of amides is 1. The van der Waals surface area contributed by atoms with Gasteiger partial charge >= 0.3 is 0 Å². The monoisotopic (exact) mass is 377 g/mol. The van der Waals surface area contributed by atoms with Crippen molar-refractivity contribution < 1.29 is 4.79 Å². The second-order valence-electron chi connectivity index (χ2n) is 6.74. The van der Waals surface area contributed by atoms with Crippen molar-refractivity contribution in [1.29, 1.82) is 0 Å². The minimum Gasteiger partial charge on any atom is -0.353 e. The minimum absolute atomic E-state index is 0. The van der Waals surface area contributed by atoms with Gasteiger partial charge in [0.2, 0.25) is 5.91 Å². The zero-order chi connectivity index (χ0) is 16.8. The Hall–Kier alpha value is -0.810. The number of nitrogens with one attached hydrogen (secondary N) is 1. The quantitative estimate of drug-likeness (QED) is 0.765. The van der Waals surface area contributed by atoms with Gasteiger partial charge in [0.25, 0.3) is 0 Å². The molecule has 1 unspecified atom stereocenters. The highest BCUT2D eigenvalue weighted by molar-refractivity contribution is 5.85. The predicted molar refractivity (Wildman–Crippen MR) is 107 cm³/mol. The van der Waals surface area contributed by atoms with Crippen LogP contribution in [0.3, 0.4) is 0 Å². The highest BCUT2D eigenvalue weighted by Gasteiger charge is 2.28. The van der Waals surface area contributed by atoms with Gasteiger partial charge in [0, 0.05) is 6.54 Å². The van der Waals surface area contributed by atoms with Gasteiger partial charge in [-0.1, -0.05) is 65.0 Å². The largest absolute Gasteiger partial charge is 0.353 e. The summed E-state index contributed by atoms with van der Waals surface area (Å²) in [4.78, 5) is 14.6. The maximum atomic E-state index is 12.3. The number of likely N-dealkylation sites (N-methyl/N-ethyl adjacent to an activating group) is 1. The summed E-state index contributed by atoms with van der Waals surface area (Å²) in [6, 6.07) is 9.98. The Morgan fingerprint density at radius 2 is 1.62 bits per heavy atom. The number of carbonyl (C=O) groups is 1. The summed E-state index contributed by atoms with van der Waals surface area (Å²) in [6.07, 6.45) is 0. The Labute approximate surface area is 159 Å². The molecule has 0 bridgehead atoms. The van der Waals surface area contributed by atoms with E-state index in [0.29, 0.717) is 6.54 Å². The number of nitrogens with zero attached hydrogens (tertiary/aromatic N) is 1. The lowest BCUT2D eigenvalue weighted by Crippen LogP contribution is -2.50. The molecule has 3 N–H and O–H groups in total. The molecule has 0 aliphatic heterocycles. The maximum Gasteiger partial charge on any atom is 0.237 e. The van der Waals surface area contributed by atoms with Crippen LogP contribution in [0, 0.1) is 5.41 Å². The standard InChI is InChI=1S/C18H31N3O.2ClH/c1-6-21(7-2)15(14-11-9-8-10-12-14)13-20-17(22)16(19)18(3,4)5;;/h8-12,15-16H,6-7,13,19H2,1-5H3,(H,20,22);2*1H/t15?,16-;;/m1../s1. The summed E-state index contributed by atoms with van der Waals surface area (Å²) >= 11 is 0. The lowest BCUT2D eigenvalue weighted by Gasteiger charge is -2.32. The lowest BCUT2D eigenvalue weighted by molar-refractivity contribution is -0.124. The SMILES string of the molecule is CCN(CC)C(CNC(=O)[C@@H](N)C(C)(C)C)c1ccccc1.Cl.Cl. The Morgan fingerprint density at radius 3 is 2.04 bits per heavy atom. The van der Waals surface area contributed by atoms with Crippen molar-refractivity contribution >= 4 is 30.7 Å². The lowest BCUT2D eigenvalue weighted by atomic mass is 9.87. The van der Waals surface area contributed by atoms with Crippen LogP contribution >= 0.6 is 24.8 Å². The van der Waals surface area contributed by atoms with Crippen LogP contribution in [0.1, 0.15) is 46.2 Å². The van der Waals surface area contributed by atoms with Gasteiger partial charge in [-0.25, -0.2) is 0 Å². The summed E-state index contributed by atoms with van der Waals surface area (Å²) < 4.78 is 0. The smallest absolute Gasteiger partial charge is 0.237 e. The molecule has 0 spiro atoms. The molecule has 0 aromatic heterocycles. The van der Waals surface area contributed by atoms with Crippen molar-refractivity contribution in [3.8, 4) is 0 Å². The topological polar surface area (TPSA) is 58.4 Å². The molecule has 0 aliphatic rings. The molecule has 0 radical (unpaired) electrons. The van der Waals surface area contributed by atoms with E-state index in [0.717, 1.165) is 13.1 Å². The molecule has 4 nitrogen and oxygen atoms in total. The number of halogens is 2. The van der Waals surface area contributed by atoms with Crippen LogP contribution in [-0.4, -0.2) is 36.5 Å². The van der Waals surface area contributed by atoms with Gasteiger partial charge in [-0.3, -0.25) is 9.69 Å². The highest BCUT2D eigenvalue weighted by Crippen LogP contribution is 2.21. The van der Waals surface area contributed by atoms with Crippen LogP contribution < -0.4 is 11.1 Å². The zero-order valence-electron chi connectivity index (χ0n) is 15.4. The summed E-state index contributed by atoms with van der Waals surface area (Å²) in [5, 5.41) is 3.03. The Balaban J connectivity index is 0. The first-order chi connectivity index (χ1) is 10.3. The van der Waals surface area contributed by atoms with Gasteiger partial charge in [-0.2, -0.15) is 0 Å². The molecule has 1 aromatic carbocycles. The molecule has 24 heavy (non-hydrogen) atoms. The molecule has 0 aliphatic carbocycles. The third kappa shape index (κ3) is 7.39. The first-order valence-electron chi connectivity index (χ1n) is 8.13. The molecule has 1 aromatic rings. The normalized spacial score (nSPS) is 13.5. The molecule has 0 saturated carbocycles. The highest BCUT2D eigenvalue weighted by atomic mass is 35.5. The van der Waals surface area contributed by atoms with E-state index >= 15 is 0 Å². The molecule has 0 fully saturated rings. The first-order valence-corrected chi connectivity index (χ1v) is 8.13. The van der Waals surface area contributed by atoms with E-state index in [1.54, 1.807) is 0 Å². The average molecular weight is 378 g/mol. The van der Waals surface area contributed by atoms with Crippen molar-refractivity contribution in [3.05, 3.63) is 35.9 Å². The molecular weight excluding hydrogens is 345 g/mol. The maximum absolute atomic E-state index is 12.3. The van der Waals surface area contributed by atoms with E-state index in [4.69, 9.17) is 5.73 Å². The summed E-state index contributed by atoms with van der Waals surface area (Å²) in [7, 11) is 0. The first kappa shape index (κ1) is 25.4. The molecule has 0 saturated heterocycles. The van der Waals surface area contributed by atoms with Crippen LogP contribution in [0.15, 0.2) is 30.3 Å². The molecule has 140 valence electrons. The number of hydrogen-bond acceptors (Lipinski definition) is 3. The van der Waals surface area contributed by atoms with E-state index in [9.17, 15) is 4.79 Å². The van der Waals surface area contributed by atoms with E-state index in [1.807, 2.05) is 39.0 Å². The second kappa shape index (κ2) is 11.7. The van der Waals surface area contributed by atoms with Crippen molar-refractivity contribution in [1.82, 2.24) is 10.2 Å². The van der Waals surface area contributed by atoms with Gasteiger partial charge in [0.05, 0.1) is 12.1 Å². The van der Waals surface area contributed by atoms with Crippen molar-refractivity contribution in [3.63, 3.8) is 0 Å². The fraction of sp³-hybridized carbons (Fsp3) is 0.611. The number of carbonyl (C=O) groups excluding carboxylic acids is 1. The van der Waals surface area contributed by atoms with Gasteiger partial charge < -0.3 is 11.1 Å². The Bertz CT molecular complexity index is 459. The summed E-state index contributed by atoms with van der Waals surface area (Å²) in [6.45, 7) is 12.7. The number of rotatable bonds is 7. The van der Waals surface area contributed by atoms with Crippen LogP contribution in [-0.2, 0) is 4.79 Å². The van der Waals surface area contributed by atoms with Crippen LogP contribution in [0.2, 0.25) is 0 Å². The van der Waals surface area contributed by atoms with Crippen molar-refractivity contribution in [2.75, 3.05) is 19.6 Å². The van der Waals surface area contributed by atoms with Crippen LogP contribution in [0.5, 0.6) is 0 Å².